The third kappa shape index (κ3) is 6.32. The molecule has 0 fully saturated rings. The van der Waals surface area contributed by atoms with Gasteiger partial charge in [-0.05, 0) is 37.0 Å². The Hall–Kier alpha value is -0.220. The molecular formula is C13H21ClN2S. The molecule has 0 spiro atoms. The number of nitrogens with one attached hydrogen (secondary N) is 1. The second-order valence-corrected chi connectivity index (χ2v) is 6.13. The molecule has 2 nitrogen and oxygen atoms in total. The van der Waals surface area contributed by atoms with Crippen molar-refractivity contribution in [2.24, 2.45) is 11.8 Å². The molecule has 0 saturated carbocycles. The van der Waals surface area contributed by atoms with E-state index in [9.17, 15) is 0 Å². The summed E-state index contributed by atoms with van der Waals surface area (Å²) in [6, 6.07) is 8.29. The third-order valence-electron chi connectivity index (χ3n) is 2.58. The van der Waals surface area contributed by atoms with Crippen LogP contribution in [0.1, 0.15) is 26.7 Å². The van der Waals surface area contributed by atoms with Crippen LogP contribution in [0.3, 0.4) is 0 Å². The largest absolute Gasteiger partial charge is 0.271 e. The van der Waals surface area contributed by atoms with E-state index in [4.69, 9.17) is 17.4 Å². The second kappa shape index (κ2) is 7.98. The fraction of sp³-hybridized carbons (Fsp3) is 0.538. The van der Waals surface area contributed by atoms with Crippen molar-refractivity contribution in [1.29, 1.82) is 0 Å². The molecule has 0 aliphatic rings. The first kappa shape index (κ1) is 14.8. The number of hydrogen-bond acceptors (Lipinski definition) is 3. The summed E-state index contributed by atoms with van der Waals surface area (Å²) in [6.07, 6.45) is 2.31. The Balaban J connectivity index is 2.37. The van der Waals surface area contributed by atoms with Crippen molar-refractivity contribution >= 4 is 23.4 Å². The van der Waals surface area contributed by atoms with Crippen LogP contribution in [0.4, 0.5) is 0 Å². The Morgan fingerprint density at radius 1 is 1.35 bits per heavy atom. The normalized spacial score (nSPS) is 13.0. The molecule has 0 aliphatic carbocycles. The second-order valence-electron chi connectivity index (χ2n) is 4.60. The van der Waals surface area contributed by atoms with E-state index in [1.165, 1.54) is 11.3 Å². The van der Waals surface area contributed by atoms with E-state index in [-0.39, 0.29) is 0 Å². The summed E-state index contributed by atoms with van der Waals surface area (Å²) in [4.78, 5) is 1.20. The minimum Gasteiger partial charge on any atom is -0.271 e. The maximum Gasteiger partial charge on any atom is 0.0417 e. The minimum atomic E-state index is 0.362. The molecule has 0 radical (unpaired) electrons. The van der Waals surface area contributed by atoms with Gasteiger partial charge < -0.3 is 0 Å². The lowest BCUT2D eigenvalue weighted by molar-refractivity contribution is 0.464. The van der Waals surface area contributed by atoms with Crippen molar-refractivity contribution in [3.63, 3.8) is 0 Å². The smallest absolute Gasteiger partial charge is 0.0417 e. The summed E-state index contributed by atoms with van der Waals surface area (Å²) < 4.78 is 0. The number of thioether (sulfide) groups is 1. The summed E-state index contributed by atoms with van der Waals surface area (Å²) in [5, 5.41) is 0.787. The van der Waals surface area contributed by atoms with Crippen LogP contribution in [0.25, 0.3) is 0 Å². The zero-order chi connectivity index (χ0) is 12.7. The molecule has 0 saturated heterocycles. The van der Waals surface area contributed by atoms with Crippen molar-refractivity contribution < 1.29 is 0 Å². The highest BCUT2D eigenvalue weighted by molar-refractivity contribution is 7.99. The Morgan fingerprint density at radius 3 is 2.71 bits per heavy atom. The van der Waals surface area contributed by atoms with E-state index in [1.54, 1.807) is 11.8 Å². The van der Waals surface area contributed by atoms with Crippen molar-refractivity contribution in [2.75, 3.05) is 5.75 Å². The molecule has 4 heteroatoms. The summed E-state index contributed by atoms with van der Waals surface area (Å²) in [6.45, 7) is 4.47. The lowest BCUT2D eigenvalue weighted by atomic mass is 10.0. The first-order chi connectivity index (χ1) is 8.11. The molecule has 0 amide bonds. The van der Waals surface area contributed by atoms with Crippen molar-refractivity contribution in [1.82, 2.24) is 5.43 Å². The van der Waals surface area contributed by atoms with Crippen LogP contribution in [-0.4, -0.2) is 11.8 Å². The highest BCUT2D eigenvalue weighted by Gasteiger charge is 2.08. The standard InChI is InChI=1S/C13H21ClN2S/c1-10(2)6-7-12(16-15)9-17-13-5-3-4-11(14)8-13/h3-5,8,10,12,16H,6-7,9,15H2,1-2H3. The fourth-order valence-corrected chi connectivity index (χ4v) is 2.80. The zero-order valence-electron chi connectivity index (χ0n) is 10.4. The van der Waals surface area contributed by atoms with E-state index in [2.05, 4.69) is 25.3 Å². The number of benzene rings is 1. The third-order valence-corrected chi connectivity index (χ3v) is 3.97. The minimum absolute atomic E-state index is 0.362. The number of hydrazine groups is 1. The van der Waals surface area contributed by atoms with Gasteiger partial charge in [-0.25, -0.2) is 0 Å². The maximum atomic E-state index is 5.94. The van der Waals surface area contributed by atoms with Gasteiger partial charge in [0.05, 0.1) is 0 Å². The van der Waals surface area contributed by atoms with Crippen molar-refractivity contribution in [3.8, 4) is 0 Å². The van der Waals surface area contributed by atoms with E-state index >= 15 is 0 Å². The van der Waals surface area contributed by atoms with Crippen LogP contribution in [0.2, 0.25) is 5.02 Å². The maximum absolute atomic E-state index is 5.94. The van der Waals surface area contributed by atoms with Crippen LogP contribution < -0.4 is 11.3 Å². The summed E-state index contributed by atoms with van der Waals surface area (Å²) >= 11 is 7.74. The first-order valence-electron chi connectivity index (χ1n) is 5.96. The molecule has 1 aromatic rings. The molecule has 1 aromatic carbocycles. The van der Waals surface area contributed by atoms with Gasteiger partial charge >= 0.3 is 0 Å². The van der Waals surface area contributed by atoms with Crippen LogP contribution in [-0.2, 0) is 0 Å². The molecule has 0 bridgehead atoms. The Morgan fingerprint density at radius 2 is 2.12 bits per heavy atom. The fourth-order valence-electron chi connectivity index (χ4n) is 1.50. The van der Waals surface area contributed by atoms with Gasteiger partial charge in [-0.1, -0.05) is 31.5 Å². The zero-order valence-corrected chi connectivity index (χ0v) is 12.0. The number of hydrogen-bond donors (Lipinski definition) is 2. The average molecular weight is 273 g/mol. The predicted octanol–water partition coefficient (Wildman–Crippen LogP) is 3.70. The van der Waals surface area contributed by atoms with E-state index in [0.29, 0.717) is 6.04 Å². The van der Waals surface area contributed by atoms with Gasteiger partial charge in [0.25, 0.3) is 0 Å². The molecule has 0 aliphatic heterocycles. The van der Waals surface area contributed by atoms with Gasteiger partial charge in [0.2, 0.25) is 0 Å². The Kier molecular flexibility index (Phi) is 6.97. The molecule has 0 heterocycles. The SMILES string of the molecule is CC(C)CCC(CSc1cccc(Cl)c1)NN. The Bertz CT molecular complexity index is 331. The van der Waals surface area contributed by atoms with Gasteiger partial charge in [-0.3, -0.25) is 11.3 Å². The topological polar surface area (TPSA) is 38.0 Å². The highest BCUT2D eigenvalue weighted by atomic mass is 35.5. The molecule has 0 aromatic heterocycles. The predicted molar refractivity (Wildman–Crippen MR) is 77.4 cm³/mol. The van der Waals surface area contributed by atoms with Gasteiger partial charge in [-0.2, -0.15) is 0 Å². The van der Waals surface area contributed by atoms with Crippen LogP contribution in [0.15, 0.2) is 29.2 Å². The molecule has 17 heavy (non-hydrogen) atoms. The summed E-state index contributed by atoms with van der Waals surface area (Å²) in [5.41, 5.74) is 2.89. The Labute approximate surface area is 113 Å². The summed E-state index contributed by atoms with van der Waals surface area (Å²) in [5.74, 6) is 7.26. The highest BCUT2D eigenvalue weighted by Crippen LogP contribution is 2.23. The lowest BCUT2D eigenvalue weighted by Gasteiger charge is -2.16. The average Bonchev–Trinajstić information content (AvgIpc) is 2.29. The monoisotopic (exact) mass is 272 g/mol. The molecule has 1 unspecified atom stereocenters. The molecule has 1 atom stereocenters. The van der Waals surface area contributed by atoms with Gasteiger partial charge in [0.15, 0.2) is 0 Å². The van der Waals surface area contributed by atoms with Crippen molar-refractivity contribution in [3.05, 3.63) is 29.3 Å². The number of rotatable bonds is 7. The van der Waals surface area contributed by atoms with E-state index < -0.39 is 0 Å². The number of nitrogens with two attached hydrogens (primary N) is 1. The summed E-state index contributed by atoms with van der Waals surface area (Å²) in [7, 11) is 0. The van der Waals surface area contributed by atoms with Crippen LogP contribution in [0.5, 0.6) is 0 Å². The van der Waals surface area contributed by atoms with Gasteiger partial charge in [-0.15, -0.1) is 11.8 Å². The van der Waals surface area contributed by atoms with Gasteiger partial charge in [0.1, 0.15) is 0 Å². The molecule has 3 N–H and O–H groups in total. The van der Waals surface area contributed by atoms with Crippen LogP contribution in [0, 0.1) is 5.92 Å². The lowest BCUT2D eigenvalue weighted by Crippen LogP contribution is -2.37. The quantitative estimate of drug-likeness (QED) is 0.452. The molecule has 96 valence electrons. The van der Waals surface area contributed by atoms with E-state index in [0.717, 1.165) is 23.1 Å². The number of halogens is 1. The molecular weight excluding hydrogens is 252 g/mol. The molecule has 1 rings (SSSR count). The van der Waals surface area contributed by atoms with Gasteiger partial charge in [0, 0.05) is 21.7 Å². The van der Waals surface area contributed by atoms with E-state index in [1.807, 2.05) is 18.2 Å². The van der Waals surface area contributed by atoms with Crippen molar-refractivity contribution in [2.45, 2.75) is 37.6 Å². The van der Waals surface area contributed by atoms with Crippen LogP contribution >= 0.6 is 23.4 Å². The first-order valence-corrected chi connectivity index (χ1v) is 7.32.